The standard InChI is InChI=1S/C31H35NO8/c1-7-39-30(34)24-17(3)32-22-16-21(18-11-9-12-19(15-18)36-4)26(31(35)40-8-2)28(33)27(22)25(24)20-13-10-14-23(37-5)29(20)38-6/h9-15,21,25-26,32H,7-8,16H2,1-6H3/t21-,25+,26-/m1/s1. The molecule has 212 valence electrons. The van der Waals surface area contributed by atoms with Crippen molar-refractivity contribution in [1.29, 1.82) is 0 Å². The normalized spacial score (nSPS) is 20.4. The summed E-state index contributed by atoms with van der Waals surface area (Å²) in [5.74, 6) is -2.68. The fourth-order valence-electron chi connectivity index (χ4n) is 5.65. The lowest BCUT2D eigenvalue weighted by Crippen LogP contribution is -2.43. The molecule has 0 radical (unpaired) electrons. The number of hydrogen-bond donors (Lipinski definition) is 1. The second kappa shape index (κ2) is 12.3. The SMILES string of the molecule is CCOC(=O)C1=C(C)NC2=C(C(=O)[C@H](C(=O)OCC)[C@@H](c3cccc(OC)c3)C2)[C@H]1c1cccc(OC)c1OC. The Balaban J connectivity index is 1.96. The Kier molecular flexibility index (Phi) is 8.82. The molecule has 40 heavy (non-hydrogen) atoms. The minimum Gasteiger partial charge on any atom is -0.497 e. The van der Waals surface area contributed by atoms with Crippen LogP contribution in [0.2, 0.25) is 0 Å². The van der Waals surface area contributed by atoms with Crippen molar-refractivity contribution in [1.82, 2.24) is 5.32 Å². The number of ketones is 1. The maximum absolute atomic E-state index is 14.5. The van der Waals surface area contributed by atoms with Crippen LogP contribution in [0.15, 0.2) is 65.0 Å². The quantitative estimate of drug-likeness (QED) is 0.359. The first-order valence-electron chi connectivity index (χ1n) is 13.2. The molecule has 9 heteroatoms. The maximum atomic E-state index is 14.5. The largest absolute Gasteiger partial charge is 0.497 e. The van der Waals surface area contributed by atoms with Gasteiger partial charge in [0.25, 0.3) is 0 Å². The van der Waals surface area contributed by atoms with Crippen molar-refractivity contribution in [3.63, 3.8) is 0 Å². The predicted molar refractivity (Wildman–Crippen MR) is 147 cm³/mol. The summed E-state index contributed by atoms with van der Waals surface area (Å²) in [6.45, 7) is 5.47. The minimum atomic E-state index is -1.13. The number of esters is 2. The molecule has 1 aliphatic heterocycles. The van der Waals surface area contributed by atoms with Crippen LogP contribution < -0.4 is 19.5 Å². The third-order valence-electron chi connectivity index (χ3n) is 7.32. The Morgan fingerprint density at radius 3 is 2.33 bits per heavy atom. The van der Waals surface area contributed by atoms with Gasteiger partial charge in [-0.25, -0.2) is 4.79 Å². The number of allylic oxidation sites excluding steroid dienone is 3. The molecule has 1 N–H and O–H groups in total. The molecular formula is C31H35NO8. The zero-order valence-corrected chi connectivity index (χ0v) is 23.7. The van der Waals surface area contributed by atoms with E-state index in [9.17, 15) is 14.4 Å². The van der Waals surface area contributed by atoms with Gasteiger partial charge in [-0.3, -0.25) is 9.59 Å². The Morgan fingerprint density at radius 2 is 1.68 bits per heavy atom. The lowest BCUT2D eigenvalue weighted by atomic mass is 9.67. The molecule has 0 unspecified atom stereocenters. The van der Waals surface area contributed by atoms with Gasteiger partial charge in [0.1, 0.15) is 11.7 Å². The van der Waals surface area contributed by atoms with Crippen LogP contribution in [0, 0.1) is 5.92 Å². The fraction of sp³-hybridized carbons (Fsp3) is 0.387. The molecule has 4 rings (SSSR count). The third kappa shape index (κ3) is 5.15. The molecular weight excluding hydrogens is 514 g/mol. The number of hydrogen-bond acceptors (Lipinski definition) is 9. The van der Waals surface area contributed by atoms with E-state index in [1.165, 1.54) is 14.2 Å². The zero-order chi connectivity index (χ0) is 29.0. The number of Topliss-reactive ketones (excluding diaryl/α,β-unsaturated/α-hetero) is 1. The van der Waals surface area contributed by atoms with E-state index in [4.69, 9.17) is 23.7 Å². The minimum absolute atomic E-state index is 0.123. The Morgan fingerprint density at radius 1 is 0.950 bits per heavy atom. The summed E-state index contributed by atoms with van der Waals surface area (Å²) in [5.41, 5.74) is 3.07. The van der Waals surface area contributed by atoms with Crippen molar-refractivity contribution < 1.29 is 38.1 Å². The molecule has 2 aromatic rings. The van der Waals surface area contributed by atoms with E-state index in [1.807, 2.05) is 18.2 Å². The molecule has 1 heterocycles. The van der Waals surface area contributed by atoms with Gasteiger partial charge in [0.15, 0.2) is 17.3 Å². The van der Waals surface area contributed by atoms with Crippen molar-refractivity contribution in [3.8, 4) is 17.2 Å². The van der Waals surface area contributed by atoms with Gasteiger partial charge in [-0.15, -0.1) is 0 Å². The van der Waals surface area contributed by atoms with Crippen LogP contribution in [-0.2, 0) is 23.9 Å². The molecule has 0 bridgehead atoms. The van der Waals surface area contributed by atoms with Crippen molar-refractivity contribution >= 4 is 17.7 Å². The Labute approximate surface area is 234 Å². The lowest BCUT2D eigenvalue weighted by molar-refractivity contribution is -0.152. The molecule has 3 atom stereocenters. The second-order valence-electron chi connectivity index (χ2n) is 9.47. The van der Waals surface area contributed by atoms with Crippen molar-refractivity contribution in [2.45, 2.75) is 39.0 Å². The molecule has 0 fully saturated rings. The van der Waals surface area contributed by atoms with Crippen LogP contribution in [0.5, 0.6) is 17.2 Å². The van der Waals surface area contributed by atoms with Crippen LogP contribution in [0.4, 0.5) is 0 Å². The number of ether oxygens (including phenoxy) is 5. The van der Waals surface area contributed by atoms with E-state index >= 15 is 0 Å². The van der Waals surface area contributed by atoms with E-state index < -0.39 is 35.5 Å². The fourth-order valence-corrected chi connectivity index (χ4v) is 5.65. The first-order valence-corrected chi connectivity index (χ1v) is 13.2. The van der Waals surface area contributed by atoms with Crippen LogP contribution in [0.25, 0.3) is 0 Å². The van der Waals surface area contributed by atoms with Crippen LogP contribution in [0.3, 0.4) is 0 Å². The highest BCUT2D eigenvalue weighted by Gasteiger charge is 2.49. The first kappa shape index (κ1) is 28.7. The molecule has 2 aromatic carbocycles. The number of methoxy groups -OCH3 is 3. The highest BCUT2D eigenvalue weighted by molar-refractivity contribution is 6.13. The van der Waals surface area contributed by atoms with E-state index in [1.54, 1.807) is 52.1 Å². The number of dihydropyridines is 1. The molecule has 0 amide bonds. The number of carbonyl (C=O) groups excluding carboxylic acids is 3. The average Bonchev–Trinajstić information content (AvgIpc) is 2.95. The summed E-state index contributed by atoms with van der Waals surface area (Å²) in [6, 6.07) is 12.6. The van der Waals surface area contributed by atoms with Gasteiger partial charge < -0.3 is 29.0 Å². The van der Waals surface area contributed by atoms with E-state index in [-0.39, 0.29) is 18.8 Å². The number of para-hydroxylation sites is 1. The number of benzene rings is 2. The van der Waals surface area contributed by atoms with Gasteiger partial charge in [0, 0.05) is 28.4 Å². The maximum Gasteiger partial charge on any atom is 0.336 e. The smallest absolute Gasteiger partial charge is 0.336 e. The summed E-state index contributed by atoms with van der Waals surface area (Å²) in [5, 5.41) is 3.31. The molecule has 0 saturated carbocycles. The number of rotatable bonds is 9. The summed E-state index contributed by atoms with van der Waals surface area (Å²) >= 11 is 0. The summed E-state index contributed by atoms with van der Waals surface area (Å²) in [6.07, 6.45) is 0.327. The number of nitrogens with one attached hydrogen (secondary N) is 1. The van der Waals surface area contributed by atoms with E-state index in [2.05, 4.69) is 5.32 Å². The highest BCUT2D eigenvalue weighted by Crippen LogP contribution is 2.51. The zero-order valence-electron chi connectivity index (χ0n) is 23.7. The highest BCUT2D eigenvalue weighted by atomic mass is 16.5. The molecule has 2 aliphatic rings. The summed E-state index contributed by atoms with van der Waals surface area (Å²) < 4.78 is 27.5. The topological polar surface area (TPSA) is 109 Å². The van der Waals surface area contributed by atoms with Crippen molar-refractivity contribution in [2.24, 2.45) is 5.92 Å². The van der Waals surface area contributed by atoms with Gasteiger partial charge in [-0.1, -0.05) is 24.3 Å². The lowest BCUT2D eigenvalue weighted by Gasteiger charge is -2.39. The van der Waals surface area contributed by atoms with Crippen molar-refractivity contribution in [3.05, 3.63) is 76.1 Å². The molecule has 0 saturated heterocycles. The summed E-state index contributed by atoms with van der Waals surface area (Å²) in [4.78, 5) is 41.3. The Bertz CT molecular complexity index is 1380. The summed E-state index contributed by atoms with van der Waals surface area (Å²) in [7, 11) is 4.58. The Hall–Kier alpha value is -4.27. The van der Waals surface area contributed by atoms with Crippen LogP contribution >= 0.6 is 0 Å². The van der Waals surface area contributed by atoms with Gasteiger partial charge in [0.2, 0.25) is 0 Å². The van der Waals surface area contributed by atoms with Crippen LogP contribution in [0.1, 0.15) is 50.2 Å². The second-order valence-corrected chi connectivity index (χ2v) is 9.47. The molecule has 0 aromatic heterocycles. The third-order valence-corrected chi connectivity index (χ3v) is 7.32. The van der Waals surface area contributed by atoms with E-state index in [0.29, 0.717) is 46.2 Å². The van der Waals surface area contributed by atoms with Crippen molar-refractivity contribution in [2.75, 3.05) is 34.5 Å². The predicted octanol–water partition coefficient (Wildman–Crippen LogP) is 4.43. The molecule has 0 spiro atoms. The molecule has 1 aliphatic carbocycles. The number of carbonyl (C=O) groups is 3. The first-order chi connectivity index (χ1) is 19.3. The van der Waals surface area contributed by atoms with Gasteiger partial charge in [0.05, 0.1) is 46.0 Å². The van der Waals surface area contributed by atoms with Gasteiger partial charge >= 0.3 is 11.9 Å². The van der Waals surface area contributed by atoms with Gasteiger partial charge in [-0.05, 0) is 51.0 Å². The van der Waals surface area contributed by atoms with E-state index in [0.717, 1.165) is 5.56 Å². The monoisotopic (exact) mass is 549 g/mol. The van der Waals surface area contributed by atoms with Crippen LogP contribution in [-0.4, -0.2) is 52.3 Å². The average molecular weight is 550 g/mol. The van der Waals surface area contributed by atoms with Gasteiger partial charge in [-0.2, -0.15) is 0 Å². The molecule has 9 nitrogen and oxygen atoms in total.